The second-order valence-electron chi connectivity index (χ2n) is 3.71. The molecule has 0 unspecified atom stereocenters. The molecular formula is C10H15ClN4O. The maximum Gasteiger partial charge on any atom is 0.318 e. The van der Waals surface area contributed by atoms with E-state index in [4.69, 9.17) is 16.3 Å². The molecule has 5 nitrogen and oxygen atoms in total. The minimum absolute atomic E-state index is 0.323. The lowest BCUT2D eigenvalue weighted by molar-refractivity contribution is 0.271. The molecule has 1 aromatic rings. The molecule has 16 heavy (non-hydrogen) atoms. The van der Waals surface area contributed by atoms with Crippen molar-refractivity contribution in [2.75, 3.05) is 25.6 Å². The van der Waals surface area contributed by atoms with Gasteiger partial charge in [-0.25, -0.2) is 9.99 Å². The average Bonchev–Trinajstić information content (AvgIpc) is 2.33. The van der Waals surface area contributed by atoms with Gasteiger partial charge in [-0.1, -0.05) is 18.0 Å². The second kappa shape index (κ2) is 5.32. The van der Waals surface area contributed by atoms with Crippen molar-refractivity contribution in [3.05, 3.63) is 11.2 Å². The molecule has 1 saturated heterocycles. The van der Waals surface area contributed by atoms with Gasteiger partial charge in [-0.05, 0) is 12.8 Å². The van der Waals surface area contributed by atoms with Crippen LogP contribution in [0.4, 0.5) is 5.82 Å². The van der Waals surface area contributed by atoms with E-state index in [-0.39, 0.29) is 0 Å². The van der Waals surface area contributed by atoms with Gasteiger partial charge >= 0.3 is 6.01 Å². The molecule has 0 aliphatic carbocycles. The van der Waals surface area contributed by atoms with Gasteiger partial charge in [0.05, 0.1) is 13.3 Å². The molecule has 1 fully saturated rings. The van der Waals surface area contributed by atoms with Crippen molar-refractivity contribution >= 4 is 17.4 Å². The molecule has 0 atom stereocenters. The largest absolute Gasteiger partial charge is 0.467 e. The Morgan fingerprint density at radius 3 is 2.81 bits per heavy atom. The van der Waals surface area contributed by atoms with Crippen molar-refractivity contribution < 1.29 is 4.74 Å². The molecule has 1 aromatic heterocycles. The molecule has 0 bridgehead atoms. The minimum atomic E-state index is 0.323. The molecule has 2 heterocycles. The van der Waals surface area contributed by atoms with Gasteiger partial charge < -0.3 is 10.2 Å². The second-order valence-corrected chi connectivity index (χ2v) is 4.12. The van der Waals surface area contributed by atoms with Gasteiger partial charge in [0.1, 0.15) is 5.02 Å². The first-order chi connectivity index (χ1) is 7.79. The van der Waals surface area contributed by atoms with Crippen LogP contribution >= 0.6 is 11.6 Å². The van der Waals surface area contributed by atoms with Gasteiger partial charge in [0.2, 0.25) is 0 Å². The van der Waals surface area contributed by atoms with E-state index in [0.717, 1.165) is 13.1 Å². The zero-order valence-corrected chi connectivity index (χ0v) is 10.00. The smallest absolute Gasteiger partial charge is 0.318 e. The predicted octanol–water partition coefficient (Wildman–Crippen LogP) is 1.95. The maximum atomic E-state index is 6.00. The van der Waals surface area contributed by atoms with E-state index < -0.39 is 0 Å². The Kier molecular flexibility index (Phi) is 3.79. The number of ether oxygens (including phenoxy) is 1. The first kappa shape index (κ1) is 11.4. The van der Waals surface area contributed by atoms with E-state index in [1.807, 2.05) is 0 Å². The number of nitrogens with zero attached hydrogens (tertiary/aromatic N) is 3. The molecule has 0 saturated carbocycles. The number of hydrogen-bond donors (Lipinski definition) is 1. The standard InChI is InChI=1S/C10H15ClN4O/c1-16-10-12-7-8(11)9(13-10)14-15-5-3-2-4-6-15/h7H,2-6H2,1H3,(H,12,13,14). The summed E-state index contributed by atoms with van der Waals surface area (Å²) in [5.41, 5.74) is 3.19. The highest BCUT2D eigenvalue weighted by Crippen LogP contribution is 2.21. The Labute approximate surface area is 99.8 Å². The highest BCUT2D eigenvalue weighted by Gasteiger charge is 2.13. The fourth-order valence-corrected chi connectivity index (χ4v) is 1.82. The number of methoxy groups -OCH3 is 1. The third-order valence-electron chi connectivity index (χ3n) is 2.52. The number of anilines is 1. The van der Waals surface area contributed by atoms with Crippen molar-refractivity contribution in [2.24, 2.45) is 0 Å². The SMILES string of the molecule is COc1ncc(Cl)c(NN2CCCCC2)n1. The lowest BCUT2D eigenvalue weighted by Crippen LogP contribution is -2.35. The van der Waals surface area contributed by atoms with Crippen molar-refractivity contribution in [1.29, 1.82) is 0 Å². The lowest BCUT2D eigenvalue weighted by atomic mass is 10.2. The van der Waals surface area contributed by atoms with Gasteiger partial charge in [0, 0.05) is 13.1 Å². The Balaban J connectivity index is 2.06. The number of piperidine rings is 1. The zero-order valence-electron chi connectivity index (χ0n) is 9.24. The molecule has 0 aromatic carbocycles. The predicted molar refractivity (Wildman–Crippen MR) is 62.6 cm³/mol. The lowest BCUT2D eigenvalue weighted by Gasteiger charge is -2.27. The molecule has 0 amide bonds. The van der Waals surface area contributed by atoms with Crippen LogP contribution in [0.15, 0.2) is 6.20 Å². The molecule has 1 aliphatic heterocycles. The fraction of sp³-hybridized carbons (Fsp3) is 0.600. The number of halogens is 1. The maximum absolute atomic E-state index is 6.00. The summed E-state index contributed by atoms with van der Waals surface area (Å²) in [5.74, 6) is 0.607. The Morgan fingerprint density at radius 1 is 1.38 bits per heavy atom. The average molecular weight is 243 g/mol. The van der Waals surface area contributed by atoms with Gasteiger partial charge in [-0.3, -0.25) is 0 Å². The van der Waals surface area contributed by atoms with E-state index in [2.05, 4.69) is 20.4 Å². The van der Waals surface area contributed by atoms with E-state index in [0.29, 0.717) is 16.9 Å². The van der Waals surface area contributed by atoms with Crippen LogP contribution in [-0.4, -0.2) is 35.2 Å². The zero-order chi connectivity index (χ0) is 11.4. The van der Waals surface area contributed by atoms with Gasteiger partial charge in [-0.15, -0.1) is 0 Å². The number of nitrogens with one attached hydrogen (secondary N) is 1. The van der Waals surface area contributed by atoms with Crippen LogP contribution in [0.1, 0.15) is 19.3 Å². The molecule has 6 heteroatoms. The third-order valence-corrected chi connectivity index (χ3v) is 2.80. The quantitative estimate of drug-likeness (QED) is 0.878. The van der Waals surface area contributed by atoms with E-state index in [1.54, 1.807) is 6.20 Å². The summed E-state index contributed by atoms with van der Waals surface area (Å²) in [6.07, 6.45) is 5.23. The number of hydrazine groups is 1. The van der Waals surface area contributed by atoms with Crippen LogP contribution in [0.25, 0.3) is 0 Å². The fourth-order valence-electron chi connectivity index (χ4n) is 1.68. The Morgan fingerprint density at radius 2 is 2.12 bits per heavy atom. The molecule has 0 spiro atoms. The highest BCUT2D eigenvalue weighted by molar-refractivity contribution is 6.32. The van der Waals surface area contributed by atoms with Crippen LogP contribution in [0.3, 0.4) is 0 Å². The van der Waals surface area contributed by atoms with E-state index in [1.165, 1.54) is 26.4 Å². The minimum Gasteiger partial charge on any atom is -0.467 e. The Hall–Kier alpha value is -1.07. The summed E-state index contributed by atoms with van der Waals surface area (Å²) in [7, 11) is 1.54. The van der Waals surface area contributed by atoms with Crippen molar-refractivity contribution in [3.8, 4) is 6.01 Å². The molecule has 1 aliphatic rings. The first-order valence-electron chi connectivity index (χ1n) is 5.38. The highest BCUT2D eigenvalue weighted by atomic mass is 35.5. The van der Waals surface area contributed by atoms with Crippen LogP contribution < -0.4 is 10.2 Å². The number of rotatable bonds is 3. The summed E-state index contributed by atoms with van der Waals surface area (Å²) < 4.78 is 4.96. The van der Waals surface area contributed by atoms with Crippen LogP contribution in [0, 0.1) is 0 Å². The van der Waals surface area contributed by atoms with Crippen molar-refractivity contribution in [1.82, 2.24) is 15.0 Å². The topological polar surface area (TPSA) is 50.3 Å². The summed E-state index contributed by atoms with van der Waals surface area (Å²) in [6.45, 7) is 2.03. The third kappa shape index (κ3) is 2.74. The molecule has 1 N–H and O–H groups in total. The normalized spacial score (nSPS) is 17.1. The van der Waals surface area contributed by atoms with Crippen LogP contribution in [0.2, 0.25) is 5.02 Å². The molecular weight excluding hydrogens is 228 g/mol. The molecule has 0 radical (unpaired) electrons. The molecule has 88 valence electrons. The van der Waals surface area contributed by atoms with Gasteiger partial charge in [0.15, 0.2) is 5.82 Å². The van der Waals surface area contributed by atoms with Crippen LogP contribution in [-0.2, 0) is 0 Å². The summed E-state index contributed by atoms with van der Waals surface area (Å²) in [6, 6.07) is 0.323. The number of aromatic nitrogens is 2. The summed E-state index contributed by atoms with van der Waals surface area (Å²) in [4.78, 5) is 8.09. The van der Waals surface area contributed by atoms with Crippen molar-refractivity contribution in [3.63, 3.8) is 0 Å². The molecule has 2 rings (SSSR count). The Bertz CT molecular complexity index is 355. The van der Waals surface area contributed by atoms with E-state index in [9.17, 15) is 0 Å². The van der Waals surface area contributed by atoms with Gasteiger partial charge in [0.25, 0.3) is 0 Å². The first-order valence-corrected chi connectivity index (χ1v) is 5.75. The summed E-state index contributed by atoms with van der Waals surface area (Å²) >= 11 is 6.00. The van der Waals surface area contributed by atoms with Crippen LogP contribution in [0.5, 0.6) is 6.01 Å². The monoisotopic (exact) mass is 242 g/mol. The van der Waals surface area contributed by atoms with Crippen molar-refractivity contribution in [2.45, 2.75) is 19.3 Å². The van der Waals surface area contributed by atoms with E-state index >= 15 is 0 Å². The van der Waals surface area contributed by atoms with Gasteiger partial charge in [-0.2, -0.15) is 4.98 Å². The number of hydrogen-bond acceptors (Lipinski definition) is 5. The summed E-state index contributed by atoms with van der Waals surface area (Å²) in [5, 5.41) is 2.63.